The molecule has 0 aliphatic carbocycles. The van der Waals surface area contributed by atoms with Gasteiger partial charge in [-0.05, 0) is 25.5 Å². The van der Waals surface area contributed by atoms with Gasteiger partial charge in [-0.2, -0.15) is 13.2 Å². The van der Waals surface area contributed by atoms with Crippen molar-refractivity contribution in [2.75, 3.05) is 13.2 Å². The first kappa shape index (κ1) is 17.6. The summed E-state index contributed by atoms with van der Waals surface area (Å²) >= 11 is 0. The number of nitrogens with one attached hydrogen (secondary N) is 2. The van der Waals surface area contributed by atoms with Crippen LogP contribution < -0.4 is 15.4 Å². The number of rotatable bonds is 5. The van der Waals surface area contributed by atoms with Gasteiger partial charge in [-0.1, -0.05) is 12.1 Å². The number of para-hydroxylation sites is 1. The third-order valence-corrected chi connectivity index (χ3v) is 3.49. The Kier molecular flexibility index (Phi) is 5.48. The minimum absolute atomic E-state index is 0.0892. The van der Waals surface area contributed by atoms with Crippen LogP contribution in [0.4, 0.5) is 13.2 Å². The minimum Gasteiger partial charge on any atom is -0.491 e. The van der Waals surface area contributed by atoms with E-state index < -0.39 is 29.9 Å². The number of ether oxygens (including phenoxy) is 1. The van der Waals surface area contributed by atoms with Crippen molar-refractivity contribution in [3.8, 4) is 5.75 Å². The lowest BCUT2D eigenvalue weighted by atomic mass is 10.2. The van der Waals surface area contributed by atoms with Gasteiger partial charge in [0.15, 0.2) is 0 Å². The van der Waals surface area contributed by atoms with Gasteiger partial charge in [0.25, 0.3) is 0 Å². The van der Waals surface area contributed by atoms with Gasteiger partial charge in [0.05, 0.1) is 23.8 Å². The molecule has 3 unspecified atom stereocenters. The lowest BCUT2D eigenvalue weighted by molar-refractivity contribution is -0.139. The lowest BCUT2D eigenvalue weighted by Gasteiger charge is -2.19. The Hall–Kier alpha value is -1.80. The Bertz CT molecular complexity index is 551. The number of amides is 1. The molecule has 1 fully saturated rings. The SMILES string of the molecule is CC(COc1ccccc1C(F)(F)F)NC(=O)C1CC(O)CN1. The molecular formula is C15H19F3N2O3. The smallest absolute Gasteiger partial charge is 0.419 e. The maximum Gasteiger partial charge on any atom is 0.419 e. The molecule has 1 heterocycles. The second-order valence-electron chi connectivity index (χ2n) is 5.56. The predicted molar refractivity (Wildman–Crippen MR) is 77.0 cm³/mol. The molecule has 1 aliphatic rings. The number of hydrogen-bond acceptors (Lipinski definition) is 4. The molecule has 3 N–H and O–H groups in total. The Morgan fingerprint density at radius 3 is 2.78 bits per heavy atom. The second kappa shape index (κ2) is 7.18. The molecule has 1 aliphatic heterocycles. The Morgan fingerprint density at radius 2 is 2.17 bits per heavy atom. The highest BCUT2D eigenvalue weighted by atomic mass is 19.4. The Labute approximate surface area is 131 Å². The number of β-amino-alcohol motifs (C(OH)–C–C–N with tert-alkyl or cyclic N) is 1. The minimum atomic E-state index is -4.49. The first-order chi connectivity index (χ1) is 10.8. The Balaban J connectivity index is 1.87. The van der Waals surface area contributed by atoms with Crippen LogP contribution in [0.25, 0.3) is 0 Å². The summed E-state index contributed by atoms with van der Waals surface area (Å²) in [6, 6.07) is 3.97. The molecule has 23 heavy (non-hydrogen) atoms. The predicted octanol–water partition coefficient (Wildman–Crippen LogP) is 1.31. The molecule has 0 saturated carbocycles. The largest absolute Gasteiger partial charge is 0.491 e. The highest BCUT2D eigenvalue weighted by Crippen LogP contribution is 2.35. The summed E-state index contributed by atoms with van der Waals surface area (Å²) in [5.41, 5.74) is -0.848. The van der Waals surface area contributed by atoms with E-state index in [-0.39, 0.29) is 18.3 Å². The van der Waals surface area contributed by atoms with Gasteiger partial charge in [0, 0.05) is 6.54 Å². The van der Waals surface area contributed by atoms with Gasteiger partial charge in [-0.15, -0.1) is 0 Å². The number of halogens is 3. The van der Waals surface area contributed by atoms with Crippen LogP contribution in [0.3, 0.4) is 0 Å². The number of aliphatic hydroxyl groups excluding tert-OH is 1. The molecule has 0 spiro atoms. The third-order valence-electron chi connectivity index (χ3n) is 3.49. The summed E-state index contributed by atoms with van der Waals surface area (Å²) in [4.78, 5) is 11.9. The van der Waals surface area contributed by atoms with E-state index in [0.717, 1.165) is 6.07 Å². The van der Waals surface area contributed by atoms with Crippen molar-refractivity contribution in [2.45, 2.75) is 37.7 Å². The molecule has 128 valence electrons. The molecule has 0 aromatic heterocycles. The monoisotopic (exact) mass is 332 g/mol. The van der Waals surface area contributed by atoms with Gasteiger partial charge in [0.2, 0.25) is 5.91 Å². The van der Waals surface area contributed by atoms with Crippen LogP contribution >= 0.6 is 0 Å². The molecule has 5 nitrogen and oxygen atoms in total. The topological polar surface area (TPSA) is 70.6 Å². The zero-order valence-corrected chi connectivity index (χ0v) is 12.6. The van der Waals surface area contributed by atoms with Gasteiger partial charge in [-0.25, -0.2) is 0 Å². The maximum atomic E-state index is 12.8. The first-order valence-corrected chi connectivity index (χ1v) is 7.28. The summed E-state index contributed by atoms with van der Waals surface area (Å²) in [5.74, 6) is -0.572. The average molecular weight is 332 g/mol. The van der Waals surface area contributed by atoms with E-state index in [1.54, 1.807) is 6.92 Å². The van der Waals surface area contributed by atoms with Crippen LogP contribution in [-0.2, 0) is 11.0 Å². The highest BCUT2D eigenvalue weighted by Gasteiger charge is 2.34. The quantitative estimate of drug-likeness (QED) is 0.760. The van der Waals surface area contributed by atoms with Crippen molar-refractivity contribution in [2.24, 2.45) is 0 Å². The van der Waals surface area contributed by atoms with Crippen LogP contribution in [-0.4, -0.2) is 42.4 Å². The van der Waals surface area contributed by atoms with Crippen molar-refractivity contribution in [3.63, 3.8) is 0 Å². The molecule has 1 aromatic rings. The first-order valence-electron chi connectivity index (χ1n) is 7.28. The summed E-state index contributed by atoms with van der Waals surface area (Å²) in [6.07, 6.45) is -4.74. The van der Waals surface area contributed by atoms with E-state index in [1.165, 1.54) is 18.2 Å². The van der Waals surface area contributed by atoms with Crippen molar-refractivity contribution < 1.29 is 27.8 Å². The van der Waals surface area contributed by atoms with Crippen LogP contribution in [0.2, 0.25) is 0 Å². The second-order valence-corrected chi connectivity index (χ2v) is 5.56. The highest BCUT2D eigenvalue weighted by molar-refractivity contribution is 5.82. The third kappa shape index (κ3) is 4.84. The fraction of sp³-hybridized carbons (Fsp3) is 0.533. The van der Waals surface area contributed by atoms with Crippen LogP contribution in [0.1, 0.15) is 18.9 Å². The summed E-state index contributed by atoms with van der Waals surface area (Å²) in [5, 5.41) is 14.9. The van der Waals surface area contributed by atoms with Gasteiger partial charge >= 0.3 is 6.18 Å². The van der Waals surface area contributed by atoms with E-state index >= 15 is 0 Å². The van der Waals surface area contributed by atoms with Crippen molar-refractivity contribution in [3.05, 3.63) is 29.8 Å². The number of carbonyl (C=O) groups excluding carboxylic acids is 1. The van der Waals surface area contributed by atoms with Crippen molar-refractivity contribution >= 4 is 5.91 Å². The number of hydrogen-bond donors (Lipinski definition) is 3. The molecular weight excluding hydrogens is 313 g/mol. The molecule has 3 atom stereocenters. The van der Waals surface area contributed by atoms with Crippen LogP contribution in [0.5, 0.6) is 5.75 Å². The number of benzene rings is 1. The summed E-state index contributed by atoms with van der Waals surface area (Å²) < 4.78 is 43.7. The van der Waals surface area contributed by atoms with E-state index in [4.69, 9.17) is 4.74 Å². The van der Waals surface area contributed by atoms with E-state index in [9.17, 15) is 23.1 Å². The van der Waals surface area contributed by atoms with Gasteiger partial charge < -0.3 is 20.5 Å². The zero-order valence-electron chi connectivity index (χ0n) is 12.6. The summed E-state index contributed by atoms with van der Waals surface area (Å²) in [6.45, 7) is 1.90. The van der Waals surface area contributed by atoms with E-state index in [2.05, 4.69) is 10.6 Å². The number of alkyl halides is 3. The molecule has 8 heteroatoms. The zero-order chi connectivity index (χ0) is 17.0. The molecule has 1 saturated heterocycles. The number of carbonyl (C=O) groups is 1. The summed E-state index contributed by atoms with van der Waals surface area (Å²) in [7, 11) is 0. The molecule has 1 amide bonds. The van der Waals surface area contributed by atoms with E-state index in [0.29, 0.717) is 13.0 Å². The lowest BCUT2D eigenvalue weighted by Crippen LogP contribution is -2.46. The maximum absolute atomic E-state index is 12.8. The molecule has 0 radical (unpaired) electrons. The van der Waals surface area contributed by atoms with Crippen molar-refractivity contribution in [1.29, 1.82) is 0 Å². The fourth-order valence-corrected chi connectivity index (χ4v) is 2.34. The Morgan fingerprint density at radius 1 is 1.48 bits per heavy atom. The van der Waals surface area contributed by atoms with Gasteiger partial charge in [0.1, 0.15) is 12.4 Å². The fourth-order valence-electron chi connectivity index (χ4n) is 2.34. The van der Waals surface area contributed by atoms with E-state index in [1.807, 2.05) is 0 Å². The van der Waals surface area contributed by atoms with Crippen molar-refractivity contribution in [1.82, 2.24) is 10.6 Å². The molecule has 0 bridgehead atoms. The normalized spacial score (nSPS) is 22.7. The van der Waals surface area contributed by atoms with Crippen LogP contribution in [0, 0.1) is 0 Å². The molecule has 1 aromatic carbocycles. The average Bonchev–Trinajstić information content (AvgIpc) is 2.91. The van der Waals surface area contributed by atoms with Gasteiger partial charge in [-0.3, -0.25) is 4.79 Å². The number of aliphatic hydroxyl groups is 1. The van der Waals surface area contributed by atoms with Crippen LogP contribution in [0.15, 0.2) is 24.3 Å². The molecule has 2 rings (SSSR count). The standard InChI is InChI=1S/C15H19F3N2O3/c1-9(20-14(22)12-6-10(21)7-19-12)8-23-13-5-3-2-4-11(13)15(16,17)18/h2-5,9-10,12,19,21H,6-8H2,1H3,(H,20,22).